The summed E-state index contributed by atoms with van der Waals surface area (Å²) in [4.78, 5) is 24.9. The zero-order chi connectivity index (χ0) is 20.7. The molecule has 1 saturated heterocycles. The number of anilines is 1. The van der Waals surface area contributed by atoms with E-state index in [2.05, 4.69) is 15.1 Å². The van der Waals surface area contributed by atoms with Crippen LogP contribution in [0.5, 0.6) is 0 Å². The Hall–Kier alpha value is -3.36. The molecule has 0 atom stereocenters. The lowest BCUT2D eigenvalue weighted by atomic mass is 10.1. The smallest absolute Gasteiger partial charge is 0.259 e. The van der Waals surface area contributed by atoms with E-state index in [1.165, 1.54) is 11.0 Å². The molecule has 1 amide bonds. The molecule has 3 aromatic rings. The summed E-state index contributed by atoms with van der Waals surface area (Å²) in [6.07, 6.45) is 3.89. The number of hydrogen-bond acceptors (Lipinski definition) is 6. The van der Waals surface area contributed by atoms with Gasteiger partial charge in [-0.25, -0.2) is 13.8 Å². The molecule has 9 heteroatoms. The minimum atomic E-state index is -0.842. The molecule has 1 aliphatic heterocycles. The Labute approximate surface area is 171 Å². The first-order chi connectivity index (χ1) is 14.6. The number of benzene rings is 1. The van der Waals surface area contributed by atoms with E-state index >= 15 is 0 Å². The van der Waals surface area contributed by atoms with Gasteiger partial charge in [0, 0.05) is 43.9 Å². The van der Waals surface area contributed by atoms with Crippen LogP contribution in [0.1, 0.15) is 35.0 Å². The standard InChI is InChI=1S/C21H19F2N5O2/c22-15-2-1-3-16(23)18(15)21(29)28-10-8-27(9-11-28)17-7-6-14(12-24-17)19-25-20(30-26-19)13-4-5-13/h1-3,6-7,12-13H,4-5,8-11H2. The van der Waals surface area contributed by atoms with Crippen LogP contribution in [-0.2, 0) is 0 Å². The molecule has 2 fully saturated rings. The number of hydrogen-bond donors (Lipinski definition) is 0. The highest BCUT2D eigenvalue weighted by Crippen LogP contribution is 2.39. The minimum Gasteiger partial charge on any atom is -0.353 e. The molecule has 5 rings (SSSR count). The molecule has 2 aromatic heterocycles. The SMILES string of the molecule is O=C(c1c(F)cccc1F)N1CCN(c2ccc(-c3noc(C4CC4)n3)cn2)CC1. The van der Waals surface area contributed by atoms with Crippen molar-refractivity contribution < 1.29 is 18.1 Å². The van der Waals surface area contributed by atoms with E-state index in [0.29, 0.717) is 43.8 Å². The van der Waals surface area contributed by atoms with Gasteiger partial charge in [0.25, 0.3) is 5.91 Å². The molecule has 0 spiro atoms. The highest BCUT2D eigenvalue weighted by atomic mass is 19.1. The third kappa shape index (κ3) is 3.51. The van der Waals surface area contributed by atoms with Gasteiger partial charge >= 0.3 is 0 Å². The zero-order valence-corrected chi connectivity index (χ0v) is 16.1. The van der Waals surface area contributed by atoms with Crippen molar-refractivity contribution >= 4 is 11.7 Å². The Morgan fingerprint density at radius 3 is 2.40 bits per heavy atom. The summed E-state index contributed by atoms with van der Waals surface area (Å²) < 4.78 is 33.1. The van der Waals surface area contributed by atoms with Gasteiger partial charge in [-0.2, -0.15) is 4.98 Å². The fraction of sp³-hybridized carbons (Fsp3) is 0.333. The second kappa shape index (κ2) is 7.47. The number of piperazine rings is 1. The van der Waals surface area contributed by atoms with Crippen LogP contribution in [-0.4, -0.2) is 52.1 Å². The molecule has 3 heterocycles. The Morgan fingerprint density at radius 1 is 1.03 bits per heavy atom. The van der Waals surface area contributed by atoms with Crippen molar-refractivity contribution in [2.24, 2.45) is 0 Å². The number of pyridine rings is 1. The van der Waals surface area contributed by atoms with Crippen LogP contribution in [0.2, 0.25) is 0 Å². The van der Waals surface area contributed by atoms with E-state index < -0.39 is 23.1 Å². The molecule has 0 radical (unpaired) electrons. The number of carbonyl (C=O) groups excluding carboxylic acids is 1. The molecule has 0 N–H and O–H groups in total. The monoisotopic (exact) mass is 411 g/mol. The summed E-state index contributed by atoms with van der Waals surface area (Å²) >= 11 is 0. The van der Waals surface area contributed by atoms with E-state index in [-0.39, 0.29) is 0 Å². The Balaban J connectivity index is 1.23. The van der Waals surface area contributed by atoms with Crippen LogP contribution in [0.15, 0.2) is 41.1 Å². The van der Waals surface area contributed by atoms with E-state index in [1.807, 2.05) is 17.0 Å². The highest BCUT2D eigenvalue weighted by molar-refractivity contribution is 5.95. The van der Waals surface area contributed by atoms with Crippen molar-refractivity contribution in [2.75, 3.05) is 31.1 Å². The normalized spacial score (nSPS) is 16.7. The van der Waals surface area contributed by atoms with E-state index in [1.54, 1.807) is 6.20 Å². The number of rotatable bonds is 4. The van der Waals surface area contributed by atoms with Gasteiger partial charge in [-0.1, -0.05) is 11.2 Å². The molecule has 7 nitrogen and oxygen atoms in total. The van der Waals surface area contributed by atoms with E-state index in [0.717, 1.165) is 36.4 Å². The lowest BCUT2D eigenvalue weighted by Crippen LogP contribution is -2.49. The van der Waals surface area contributed by atoms with Crippen molar-refractivity contribution in [1.29, 1.82) is 0 Å². The third-order valence-corrected chi connectivity index (χ3v) is 5.44. The summed E-state index contributed by atoms with van der Waals surface area (Å²) in [7, 11) is 0. The average molecular weight is 411 g/mol. The number of halogens is 2. The predicted octanol–water partition coefficient (Wildman–Crippen LogP) is 3.25. The summed E-state index contributed by atoms with van der Waals surface area (Å²) in [6.45, 7) is 1.74. The largest absolute Gasteiger partial charge is 0.353 e. The van der Waals surface area contributed by atoms with Crippen molar-refractivity contribution in [2.45, 2.75) is 18.8 Å². The molecule has 30 heavy (non-hydrogen) atoms. The fourth-order valence-corrected chi connectivity index (χ4v) is 3.55. The van der Waals surface area contributed by atoms with Gasteiger partial charge in [-0.3, -0.25) is 4.79 Å². The molecule has 1 saturated carbocycles. The van der Waals surface area contributed by atoms with Crippen LogP contribution in [0, 0.1) is 11.6 Å². The zero-order valence-electron chi connectivity index (χ0n) is 16.1. The molecule has 1 aromatic carbocycles. The maximum Gasteiger partial charge on any atom is 0.259 e. The number of nitrogens with zero attached hydrogens (tertiary/aromatic N) is 5. The number of amides is 1. The first-order valence-corrected chi connectivity index (χ1v) is 9.88. The fourth-order valence-electron chi connectivity index (χ4n) is 3.55. The Kier molecular flexibility index (Phi) is 4.65. The maximum atomic E-state index is 13.9. The Bertz CT molecular complexity index is 1050. The molecule has 2 aliphatic rings. The average Bonchev–Trinajstić information content (AvgIpc) is 3.50. The summed E-state index contributed by atoms with van der Waals surface area (Å²) in [5.41, 5.74) is 0.275. The van der Waals surface area contributed by atoms with E-state index in [9.17, 15) is 13.6 Å². The molecule has 1 aliphatic carbocycles. The second-order valence-electron chi connectivity index (χ2n) is 7.51. The lowest BCUT2D eigenvalue weighted by molar-refractivity contribution is 0.0736. The van der Waals surface area contributed by atoms with Gasteiger partial charge in [-0.15, -0.1) is 0 Å². The van der Waals surface area contributed by atoms with Gasteiger partial charge in [0.1, 0.15) is 23.0 Å². The minimum absolute atomic E-state index is 0.353. The van der Waals surface area contributed by atoms with E-state index in [4.69, 9.17) is 4.52 Å². The molecular weight excluding hydrogens is 392 g/mol. The molecule has 0 bridgehead atoms. The van der Waals surface area contributed by atoms with Crippen LogP contribution in [0.4, 0.5) is 14.6 Å². The molecular formula is C21H19F2N5O2. The van der Waals surface area contributed by atoms with Gasteiger partial charge in [0.2, 0.25) is 11.7 Å². The van der Waals surface area contributed by atoms with Crippen LogP contribution in [0.25, 0.3) is 11.4 Å². The van der Waals surface area contributed by atoms with Gasteiger partial charge in [-0.05, 0) is 37.1 Å². The number of carbonyl (C=O) groups is 1. The lowest BCUT2D eigenvalue weighted by Gasteiger charge is -2.35. The van der Waals surface area contributed by atoms with Crippen molar-refractivity contribution in [1.82, 2.24) is 20.0 Å². The van der Waals surface area contributed by atoms with Crippen LogP contribution in [0.3, 0.4) is 0 Å². The summed E-state index contributed by atoms with van der Waals surface area (Å²) in [5, 5.41) is 4.02. The predicted molar refractivity (Wildman–Crippen MR) is 104 cm³/mol. The van der Waals surface area contributed by atoms with Crippen molar-refractivity contribution in [3.05, 3.63) is 59.6 Å². The van der Waals surface area contributed by atoms with Gasteiger partial charge in [0.15, 0.2) is 0 Å². The molecule has 154 valence electrons. The van der Waals surface area contributed by atoms with Crippen molar-refractivity contribution in [3.8, 4) is 11.4 Å². The molecule has 0 unspecified atom stereocenters. The Morgan fingerprint density at radius 2 is 1.77 bits per heavy atom. The van der Waals surface area contributed by atoms with Gasteiger partial charge in [0.05, 0.1) is 0 Å². The van der Waals surface area contributed by atoms with Crippen LogP contribution < -0.4 is 4.90 Å². The van der Waals surface area contributed by atoms with Gasteiger partial charge < -0.3 is 14.3 Å². The second-order valence-corrected chi connectivity index (χ2v) is 7.51. The third-order valence-electron chi connectivity index (χ3n) is 5.44. The highest BCUT2D eigenvalue weighted by Gasteiger charge is 2.30. The first-order valence-electron chi connectivity index (χ1n) is 9.88. The quantitative estimate of drug-likeness (QED) is 0.656. The maximum absolute atomic E-state index is 13.9. The van der Waals surface area contributed by atoms with Crippen molar-refractivity contribution in [3.63, 3.8) is 0 Å². The number of aromatic nitrogens is 3. The summed E-state index contributed by atoms with van der Waals surface area (Å²) in [6, 6.07) is 7.19. The first kappa shape index (κ1) is 18.7. The topological polar surface area (TPSA) is 75.4 Å². The van der Waals surface area contributed by atoms with Crippen LogP contribution >= 0.6 is 0 Å². The summed E-state index contributed by atoms with van der Waals surface area (Å²) in [5.74, 6) is 0.0534.